The van der Waals surface area contributed by atoms with Gasteiger partial charge in [-0.3, -0.25) is 4.79 Å². The van der Waals surface area contributed by atoms with Crippen LogP contribution in [0.1, 0.15) is 27.4 Å². The van der Waals surface area contributed by atoms with Crippen LogP contribution in [0, 0.1) is 0 Å². The van der Waals surface area contributed by atoms with Crippen molar-refractivity contribution in [2.75, 3.05) is 0 Å². The van der Waals surface area contributed by atoms with Gasteiger partial charge in [-0.2, -0.15) is 0 Å². The highest BCUT2D eigenvalue weighted by Gasteiger charge is 2.39. The fraction of sp³-hybridized carbons (Fsp3) is 0.0909. The molecule has 0 radical (unpaired) electrons. The van der Waals surface area contributed by atoms with Gasteiger partial charge in [0.05, 0.1) is 0 Å². The molecule has 1 heterocycles. The van der Waals surface area contributed by atoms with E-state index < -0.39 is 12.0 Å². The molecule has 1 aliphatic heterocycles. The highest BCUT2D eigenvalue weighted by Crippen LogP contribution is 2.38. The number of hydrogen-bond donors (Lipinski definition) is 1. The quantitative estimate of drug-likeness (QED) is 0.585. The molecule has 0 fully saturated rings. The molecule has 0 aromatic heterocycles. The summed E-state index contributed by atoms with van der Waals surface area (Å²) in [6.45, 7) is 0. The number of hydrogen-bond acceptors (Lipinski definition) is 3. The van der Waals surface area contributed by atoms with Gasteiger partial charge in [0, 0.05) is 17.0 Å². The molecule has 26 heavy (non-hydrogen) atoms. The predicted octanol–water partition coefficient (Wildman–Crippen LogP) is 3.54. The maximum atomic E-state index is 12.7. The van der Waals surface area contributed by atoms with Crippen molar-refractivity contribution in [3.05, 3.63) is 102 Å². The van der Waals surface area contributed by atoms with Crippen molar-refractivity contribution in [2.45, 2.75) is 12.0 Å². The van der Waals surface area contributed by atoms with Gasteiger partial charge in [-0.25, -0.2) is 4.79 Å². The number of esters is 1. The third-order valence-corrected chi connectivity index (χ3v) is 4.53. The number of ether oxygens (including phenoxy) is 1. The Kier molecular flexibility index (Phi) is 4.23. The number of carbonyl (C=O) groups excluding carboxylic acids is 2. The number of para-hydroxylation sites is 1. The minimum atomic E-state index is -0.792. The second-order valence-corrected chi connectivity index (χ2v) is 6.16. The van der Waals surface area contributed by atoms with Crippen LogP contribution in [0.4, 0.5) is 0 Å². The van der Waals surface area contributed by atoms with E-state index in [2.05, 4.69) is 5.32 Å². The highest BCUT2D eigenvalue weighted by atomic mass is 16.5. The molecule has 0 aliphatic carbocycles. The van der Waals surface area contributed by atoms with Gasteiger partial charge >= 0.3 is 5.97 Å². The van der Waals surface area contributed by atoms with Gasteiger partial charge in [0.2, 0.25) is 0 Å². The molecule has 0 bridgehead atoms. The Balaban J connectivity index is 1.74. The van der Waals surface area contributed by atoms with Gasteiger partial charge < -0.3 is 10.1 Å². The topological polar surface area (TPSA) is 55.4 Å². The monoisotopic (exact) mass is 343 g/mol. The second-order valence-electron chi connectivity index (χ2n) is 6.16. The van der Waals surface area contributed by atoms with Gasteiger partial charge in [0.15, 0.2) is 0 Å². The molecule has 0 saturated carbocycles. The van der Waals surface area contributed by atoms with Crippen LogP contribution in [0.2, 0.25) is 0 Å². The summed E-state index contributed by atoms with van der Waals surface area (Å²) < 4.78 is 5.48. The average Bonchev–Trinajstić information content (AvgIpc) is 2.70. The van der Waals surface area contributed by atoms with Crippen LogP contribution in [0.3, 0.4) is 0 Å². The molecule has 4 heteroatoms. The van der Waals surface area contributed by atoms with Gasteiger partial charge in [-0.05, 0) is 23.8 Å². The molecule has 1 N–H and O–H groups in total. The van der Waals surface area contributed by atoms with E-state index in [4.69, 9.17) is 4.74 Å². The smallest absolute Gasteiger partial charge is 0.335 e. The summed E-state index contributed by atoms with van der Waals surface area (Å²) in [4.78, 5) is 25.3. The first-order valence-corrected chi connectivity index (χ1v) is 8.45. The van der Waals surface area contributed by atoms with Gasteiger partial charge in [-0.15, -0.1) is 0 Å². The largest absolute Gasteiger partial charge is 0.425 e. The van der Waals surface area contributed by atoms with Crippen LogP contribution in [-0.4, -0.2) is 17.9 Å². The van der Waals surface area contributed by atoms with Crippen molar-refractivity contribution >= 4 is 11.9 Å². The number of rotatable bonds is 3. The summed E-state index contributed by atoms with van der Waals surface area (Å²) in [5.74, 6) is -0.521. The molecule has 2 atom stereocenters. The fourth-order valence-corrected chi connectivity index (χ4v) is 3.31. The summed E-state index contributed by atoms with van der Waals surface area (Å²) in [6.07, 6.45) is 0. The first kappa shape index (κ1) is 16.1. The van der Waals surface area contributed by atoms with Crippen molar-refractivity contribution in [1.82, 2.24) is 5.32 Å². The Labute approximate surface area is 151 Å². The Hall–Kier alpha value is -3.40. The fourth-order valence-electron chi connectivity index (χ4n) is 3.31. The highest BCUT2D eigenvalue weighted by molar-refractivity contribution is 5.98. The van der Waals surface area contributed by atoms with E-state index >= 15 is 0 Å². The standard InChI is InChI=1S/C22H17NO3/c24-21(16-11-5-2-6-12-16)23-20-19(15-9-3-1-4-10-15)17-13-7-8-14-18(17)26-22(20)25/h1-14,19-20H,(H,23,24)/t19-,20-/m0/s1. The molecule has 0 saturated heterocycles. The molecule has 3 aromatic rings. The first-order valence-electron chi connectivity index (χ1n) is 8.45. The second kappa shape index (κ2) is 6.84. The SMILES string of the molecule is O=C(N[C@@H]1C(=O)Oc2ccccc2[C@@H]1c1ccccc1)c1ccccc1. The van der Waals surface area contributed by atoms with E-state index in [1.165, 1.54) is 0 Å². The van der Waals surface area contributed by atoms with E-state index in [0.717, 1.165) is 11.1 Å². The Bertz CT molecular complexity index is 938. The summed E-state index contributed by atoms with van der Waals surface area (Å²) in [5.41, 5.74) is 2.34. The van der Waals surface area contributed by atoms with Crippen LogP contribution < -0.4 is 10.1 Å². The zero-order chi connectivity index (χ0) is 17.9. The van der Waals surface area contributed by atoms with Crippen LogP contribution >= 0.6 is 0 Å². The normalized spacial score (nSPS) is 18.5. The van der Waals surface area contributed by atoms with Crippen LogP contribution in [0.15, 0.2) is 84.9 Å². The lowest BCUT2D eigenvalue weighted by atomic mass is 9.82. The third-order valence-electron chi connectivity index (χ3n) is 4.53. The Morgan fingerprint density at radius 1 is 0.808 bits per heavy atom. The average molecular weight is 343 g/mol. The molecule has 128 valence electrons. The summed E-state index contributed by atoms with van der Waals surface area (Å²) >= 11 is 0. The lowest BCUT2D eigenvalue weighted by molar-refractivity contribution is -0.138. The van der Waals surface area contributed by atoms with Crippen molar-refractivity contribution < 1.29 is 14.3 Å². The molecule has 4 rings (SSSR count). The number of nitrogens with one attached hydrogen (secondary N) is 1. The van der Waals surface area contributed by atoms with Crippen LogP contribution in [0.5, 0.6) is 5.75 Å². The van der Waals surface area contributed by atoms with Crippen molar-refractivity contribution in [1.29, 1.82) is 0 Å². The van der Waals surface area contributed by atoms with Crippen molar-refractivity contribution in [2.24, 2.45) is 0 Å². The predicted molar refractivity (Wildman–Crippen MR) is 98.1 cm³/mol. The first-order chi connectivity index (χ1) is 12.7. The van der Waals surface area contributed by atoms with E-state index in [0.29, 0.717) is 11.3 Å². The van der Waals surface area contributed by atoms with Gasteiger partial charge in [0.1, 0.15) is 11.8 Å². The number of benzene rings is 3. The van der Waals surface area contributed by atoms with Crippen LogP contribution in [-0.2, 0) is 4.79 Å². The van der Waals surface area contributed by atoms with E-state index in [1.54, 1.807) is 30.3 Å². The maximum absolute atomic E-state index is 12.7. The minimum Gasteiger partial charge on any atom is -0.425 e. The lowest BCUT2D eigenvalue weighted by Gasteiger charge is -2.32. The Morgan fingerprint density at radius 2 is 1.42 bits per heavy atom. The van der Waals surface area contributed by atoms with Gasteiger partial charge in [0.25, 0.3) is 5.91 Å². The molecule has 1 aliphatic rings. The number of carbonyl (C=O) groups is 2. The molecular weight excluding hydrogens is 326 g/mol. The zero-order valence-electron chi connectivity index (χ0n) is 14.0. The summed E-state index contributed by atoms with van der Waals surface area (Å²) in [5, 5.41) is 2.86. The number of amides is 1. The van der Waals surface area contributed by atoms with Crippen molar-refractivity contribution in [3.63, 3.8) is 0 Å². The summed E-state index contributed by atoms with van der Waals surface area (Å²) in [7, 11) is 0. The molecule has 4 nitrogen and oxygen atoms in total. The minimum absolute atomic E-state index is 0.298. The lowest BCUT2D eigenvalue weighted by Crippen LogP contribution is -2.49. The van der Waals surface area contributed by atoms with Gasteiger partial charge in [-0.1, -0.05) is 66.7 Å². The molecule has 0 unspecified atom stereocenters. The number of fused-ring (bicyclic) bond motifs is 1. The van der Waals surface area contributed by atoms with Crippen LogP contribution in [0.25, 0.3) is 0 Å². The molecule has 0 spiro atoms. The van der Waals surface area contributed by atoms with E-state index in [9.17, 15) is 9.59 Å². The maximum Gasteiger partial charge on any atom is 0.335 e. The summed E-state index contributed by atoms with van der Waals surface area (Å²) in [6, 6.07) is 25.2. The molecule has 3 aromatic carbocycles. The van der Waals surface area contributed by atoms with Crippen molar-refractivity contribution in [3.8, 4) is 5.75 Å². The zero-order valence-corrected chi connectivity index (χ0v) is 14.0. The third kappa shape index (κ3) is 2.97. The molecule has 1 amide bonds. The van der Waals surface area contributed by atoms with E-state index in [-0.39, 0.29) is 11.8 Å². The molecular formula is C22H17NO3. The van der Waals surface area contributed by atoms with E-state index in [1.807, 2.05) is 54.6 Å². The Morgan fingerprint density at radius 3 is 2.15 bits per heavy atom.